The lowest BCUT2D eigenvalue weighted by Crippen LogP contribution is -2.30. The second-order valence-corrected chi connectivity index (χ2v) is 2.92. The van der Waals surface area contributed by atoms with Gasteiger partial charge in [0.25, 0.3) is 5.56 Å². The highest BCUT2D eigenvalue weighted by molar-refractivity contribution is 4.81. The normalized spacial score (nSPS) is 12.7. The van der Waals surface area contributed by atoms with Crippen LogP contribution < -0.4 is 11.2 Å². The number of aliphatic hydroxyl groups is 2. The third kappa shape index (κ3) is 3.66. The number of nitrogens with zero attached hydrogens (tertiary/aromatic N) is 1. The zero-order valence-electron chi connectivity index (χ0n) is 7.92. The summed E-state index contributed by atoms with van der Waals surface area (Å²) < 4.78 is 6.05. The van der Waals surface area contributed by atoms with Crippen LogP contribution >= 0.6 is 0 Å². The van der Waals surface area contributed by atoms with Crippen molar-refractivity contribution in [2.24, 2.45) is 0 Å². The molecule has 1 atom stereocenters. The van der Waals surface area contributed by atoms with Crippen molar-refractivity contribution in [2.75, 3.05) is 13.2 Å². The minimum atomic E-state index is -0.969. The zero-order valence-corrected chi connectivity index (χ0v) is 7.92. The third-order valence-corrected chi connectivity index (χ3v) is 1.65. The first-order valence-corrected chi connectivity index (χ1v) is 4.30. The molecule has 15 heavy (non-hydrogen) atoms. The quantitative estimate of drug-likeness (QED) is 0.521. The molecule has 0 fully saturated rings. The lowest BCUT2D eigenvalue weighted by atomic mass is 10.4. The first kappa shape index (κ1) is 11.6. The molecule has 0 amide bonds. The molecule has 1 aromatic rings. The number of aromatic nitrogens is 2. The maximum Gasteiger partial charge on any atom is 0.330 e. The molecule has 0 aliphatic rings. The number of H-pyrrole nitrogens is 1. The minimum absolute atomic E-state index is 0.0813. The minimum Gasteiger partial charge on any atom is -0.394 e. The number of hydrogen-bond donors (Lipinski definition) is 3. The lowest BCUT2D eigenvalue weighted by Gasteiger charge is -2.09. The molecule has 0 saturated heterocycles. The van der Waals surface area contributed by atoms with Gasteiger partial charge in [0.2, 0.25) is 0 Å². The van der Waals surface area contributed by atoms with E-state index in [1.165, 1.54) is 12.3 Å². The van der Waals surface area contributed by atoms with Crippen LogP contribution in [0.5, 0.6) is 0 Å². The average molecular weight is 216 g/mol. The van der Waals surface area contributed by atoms with Crippen molar-refractivity contribution in [3.05, 3.63) is 33.1 Å². The van der Waals surface area contributed by atoms with Crippen LogP contribution in [0, 0.1) is 0 Å². The van der Waals surface area contributed by atoms with Gasteiger partial charge in [-0.2, -0.15) is 0 Å². The molecule has 0 saturated carbocycles. The number of aromatic amines is 1. The highest BCUT2D eigenvalue weighted by Crippen LogP contribution is 1.85. The molecule has 3 N–H and O–H groups in total. The molecule has 1 aromatic heterocycles. The molecule has 1 heterocycles. The Balaban J connectivity index is 2.51. The summed E-state index contributed by atoms with van der Waals surface area (Å²) in [5, 5.41) is 17.4. The van der Waals surface area contributed by atoms with Crippen LogP contribution in [0.15, 0.2) is 21.9 Å². The van der Waals surface area contributed by atoms with E-state index < -0.39 is 24.0 Å². The molecular formula is C8H12N2O5. The van der Waals surface area contributed by atoms with E-state index in [9.17, 15) is 9.59 Å². The predicted molar refractivity (Wildman–Crippen MR) is 50.4 cm³/mol. The van der Waals surface area contributed by atoms with Gasteiger partial charge in [-0.15, -0.1) is 0 Å². The Bertz CT molecular complexity index is 410. The van der Waals surface area contributed by atoms with Crippen molar-refractivity contribution in [2.45, 2.75) is 12.8 Å². The van der Waals surface area contributed by atoms with Gasteiger partial charge in [-0.3, -0.25) is 14.3 Å². The van der Waals surface area contributed by atoms with E-state index in [4.69, 9.17) is 14.9 Å². The van der Waals surface area contributed by atoms with Crippen molar-refractivity contribution in [3.63, 3.8) is 0 Å². The van der Waals surface area contributed by atoms with E-state index >= 15 is 0 Å². The highest BCUT2D eigenvalue weighted by Gasteiger charge is 2.02. The van der Waals surface area contributed by atoms with Gasteiger partial charge in [-0.1, -0.05) is 0 Å². The molecular weight excluding hydrogens is 204 g/mol. The Morgan fingerprint density at radius 1 is 1.53 bits per heavy atom. The molecule has 1 unspecified atom stereocenters. The Morgan fingerprint density at radius 3 is 2.87 bits per heavy atom. The van der Waals surface area contributed by atoms with Crippen LogP contribution in [-0.2, 0) is 11.5 Å². The van der Waals surface area contributed by atoms with Crippen LogP contribution in [0.3, 0.4) is 0 Å². The first-order valence-electron chi connectivity index (χ1n) is 4.30. The number of aliphatic hydroxyl groups excluding tert-OH is 2. The monoisotopic (exact) mass is 216 g/mol. The highest BCUT2D eigenvalue weighted by atomic mass is 16.5. The molecule has 0 aliphatic heterocycles. The second-order valence-electron chi connectivity index (χ2n) is 2.92. The van der Waals surface area contributed by atoms with Gasteiger partial charge in [0.1, 0.15) is 12.8 Å². The summed E-state index contributed by atoms with van der Waals surface area (Å²) in [7, 11) is 0. The van der Waals surface area contributed by atoms with E-state index in [2.05, 4.69) is 4.98 Å². The van der Waals surface area contributed by atoms with E-state index in [0.717, 1.165) is 4.57 Å². The molecule has 1 rings (SSSR count). The summed E-state index contributed by atoms with van der Waals surface area (Å²) in [4.78, 5) is 23.8. The van der Waals surface area contributed by atoms with Crippen molar-refractivity contribution in [1.82, 2.24) is 9.55 Å². The fourth-order valence-corrected chi connectivity index (χ4v) is 0.886. The largest absolute Gasteiger partial charge is 0.394 e. The number of rotatable bonds is 5. The summed E-state index contributed by atoms with van der Waals surface area (Å²) >= 11 is 0. The summed E-state index contributed by atoms with van der Waals surface area (Å²) in [6.45, 7) is -0.574. The first-order chi connectivity index (χ1) is 7.13. The molecule has 0 spiro atoms. The Morgan fingerprint density at radius 2 is 2.27 bits per heavy atom. The molecule has 0 radical (unpaired) electrons. The maximum atomic E-state index is 11.1. The maximum absolute atomic E-state index is 11.1. The van der Waals surface area contributed by atoms with Gasteiger partial charge in [0.15, 0.2) is 0 Å². The topological polar surface area (TPSA) is 105 Å². The molecule has 7 heteroatoms. The van der Waals surface area contributed by atoms with Gasteiger partial charge in [0, 0.05) is 12.3 Å². The number of hydrogen-bond acceptors (Lipinski definition) is 5. The summed E-state index contributed by atoms with van der Waals surface area (Å²) in [6.07, 6.45) is 0.315. The fourth-order valence-electron chi connectivity index (χ4n) is 0.886. The van der Waals surface area contributed by atoms with E-state index in [1.807, 2.05) is 0 Å². The van der Waals surface area contributed by atoms with E-state index in [1.54, 1.807) is 0 Å². The van der Waals surface area contributed by atoms with Gasteiger partial charge in [0.05, 0.1) is 13.2 Å². The smallest absolute Gasteiger partial charge is 0.330 e. The lowest BCUT2D eigenvalue weighted by molar-refractivity contribution is -0.0185. The Kier molecular flexibility index (Phi) is 4.22. The fraction of sp³-hybridized carbons (Fsp3) is 0.500. The molecule has 0 bridgehead atoms. The molecule has 84 valence electrons. The van der Waals surface area contributed by atoms with Crippen molar-refractivity contribution in [1.29, 1.82) is 0 Å². The third-order valence-electron chi connectivity index (χ3n) is 1.65. The summed E-state index contributed by atoms with van der Waals surface area (Å²) in [5.74, 6) is 0. The number of ether oxygens (including phenoxy) is 1. The number of nitrogens with one attached hydrogen (secondary N) is 1. The van der Waals surface area contributed by atoms with Gasteiger partial charge in [-0.05, 0) is 0 Å². The predicted octanol–water partition coefficient (Wildman–Crippen LogP) is -2.14. The Hall–Kier alpha value is -1.44. The SMILES string of the molecule is O=c1ccn(COCC(O)CO)c(=O)[nH]1. The standard InChI is InChI=1S/C8H12N2O5/c11-3-6(12)4-15-5-10-2-1-7(13)9-8(10)14/h1-2,6,11-12H,3-5H2,(H,9,13,14). The van der Waals surface area contributed by atoms with Gasteiger partial charge < -0.3 is 14.9 Å². The van der Waals surface area contributed by atoms with Gasteiger partial charge in [-0.25, -0.2) is 4.79 Å². The van der Waals surface area contributed by atoms with Gasteiger partial charge >= 0.3 is 5.69 Å². The van der Waals surface area contributed by atoms with Crippen LogP contribution in [-0.4, -0.2) is 39.1 Å². The second kappa shape index (κ2) is 5.44. The zero-order chi connectivity index (χ0) is 11.3. The van der Waals surface area contributed by atoms with Crippen LogP contribution in [0.2, 0.25) is 0 Å². The molecule has 0 aliphatic carbocycles. The summed E-state index contributed by atoms with van der Waals surface area (Å²) in [6, 6.07) is 1.19. The van der Waals surface area contributed by atoms with Crippen molar-refractivity contribution >= 4 is 0 Å². The van der Waals surface area contributed by atoms with E-state index in [-0.39, 0.29) is 13.3 Å². The van der Waals surface area contributed by atoms with Crippen molar-refractivity contribution < 1.29 is 14.9 Å². The molecule has 7 nitrogen and oxygen atoms in total. The van der Waals surface area contributed by atoms with Crippen LogP contribution in [0.25, 0.3) is 0 Å². The Labute approximate surface area is 84.6 Å². The van der Waals surface area contributed by atoms with Crippen LogP contribution in [0.1, 0.15) is 0 Å². The van der Waals surface area contributed by atoms with Crippen LogP contribution in [0.4, 0.5) is 0 Å². The summed E-state index contributed by atoms with van der Waals surface area (Å²) in [5.41, 5.74) is -1.06. The molecule has 0 aromatic carbocycles. The van der Waals surface area contributed by atoms with Crippen molar-refractivity contribution in [3.8, 4) is 0 Å². The van der Waals surface area contributed by atoms with E-state index in [0.29, 0.717) is 0 Å². The average Bonchev–Trinajstić information content (AvgIpc) is 2.21.